The van der Waals surface area contributed by atoms with E-state index < -0.39 is 0 Å². The lowest BCUT2D eigenvalue weighted by Crippen LogP contribution is -2.27. The molecule has 0 aliphatic rings. The van der Waals surface area contributed by atoms with Crippen molar-refractivity contribution < 1.29 is 0 Å². The molecule has 0 heterocycles. The van der Waals surface area contributed by atoms with Crippen molar-refractivity contribution in [1.82, 2.24) is 5.43 Å². The molecule has 1 rings (SSSR count). The predicted molar refractivity (Wildman–Crippen MR) is 54.7 cm³/mol. The van der Waals surface area contributed by atoms with E-state index in [-0.39, 0.29) is 6.04 Å². The summed E-state index contributed by atoms with van der Waals surface area (Å²) in [6, 6.07) is 7.86. The summed E-state index contributed by atoms with van der Waals surface area (Å²) in [5.74, 6) is 7.95. The van der Waals surface area contributed by atoms with E-state index in [1.165, 1.54) is 5.56 Å². The predicted octanol–water partition coefficient (Wildman–Crippen LogP) is 1.39. The number of hydrazine groups is 1. The average Bonchev–Trinajstić information content (AvgIpc) is 2.20. The van der Waals surface area contributed by atoms with Crippen LogP contribution in [-0.4, -0.2) is 0 Å². The maximum atomic E-state index is 5.35. The van der Waals surface area contributed by atoms with Gasteiger partial charge in [-0.15, -0.1) is 6.42 Å². The number of hydrogen-bond donors (Lipinski definition) is 2. The van der Waals surface area contributed by atoms with Gasteiger partial charge >= 0.3 is 0 Å². The first-order valence-electron chi connectivity index (χ1n) is 4.33. The molecule has 0 aliphatic carbocycles. The molecule has 0 amide bonds. The molecule has 3 N–H and O–H groups in total. The smallest absolute Gasteiger partial charge is 0.107 e. The number of rotatable bonds is 3. The van der Waals surface area contributed by atoms with Crippen LogP contribution in [-0.2, 0) is 6.42 Å². The molecule has 68 valence electrons. The van der Waals surface area contributed by atoms with E-state index in [0.717, 1.165) is 12.0 Å². The van der Waals surface area contributed by atoms with E-state index >= 15 is 0 Å². The maximum Gasteiger partial charge on any atom is 0.107 e. The molecular weight excluding hydrogens is 160 g/mol. The van der Waals surface area contributed by atoms with Crippen molar-refractivity contribution in [3.8, 4) is 12.3 Å². The standard InChI is InChI=1S/C11H14N2/c1-3-9-7-5-6-8-10(9)11(4-2)13-12/h2,5-8,11,13H,3,12H2,1H3. The Hall–Kier alpha value is -1.30. The topological polar surface area (TPSA) is 38.0 Å². The second-order valence-corrected chi connectivity index (χ2v) is 2.82. The van der Waals surface area contributed by atoms with Crippen molar-refractivity contribution in [2.45, 2.75) is 19.4 Å². The van der Waals surface area contributed by atoms with Crippen molar-refractivity contribution in [1.29, 1.82) is 0 Å². The van der Waals surface area contributed by atoms with Crippen LogP contribution in [0.5, 0.6) is 0 Å². The highest BCUT2D eigenvalue weighted by Crippen LogP contribution is 2.16. The fraction of sp³-hybridized carbons (Fsp3) is 0.273. The third-order valence-electron chi connectivity index (χ3n) is 2.08. The fourth-order valence-corrected chi connectivity index (χ4v) is 1.37. The molecule has 1 atom stereocenters. The minimum atomic E-state index is -0.184. The first-order valence-corrected chi connectivity index (χ1v) is 4.33. The highest BCUT2D eigenvalue weighted by atomic mass is 15.2. The largest absolute Gasteiger partial charge is 0.270 e. The molecular formula is C11H14N2. The second-order valence-electron chi connectivity index (χ2n) is 2.82. The molecule has 13 heavy (non-hydrogen) atoms. The molecule has 0 radical (unpaired) electrons. The van der Waals surface area contributed by atoms with Gasteiger partial charge in [0, 0.05) is 0 Å². The maximum absolute atomic E-state index is 5.35. The van der Waals surface area contributed by atoms with Gasteiger partial charge in [-0.1, -0.05) is 37.1 Å². The van der Waals surface area contributed by atoms with Crippen LogP contribution in [0.2, 0.25) is 0 Å². The molecule has 2 heteroatoms. The molecule has 1 unspecified atom stereocenters. The van der Waals surface area contributed by atoms with Crippen molar-refractivity contribution in [2.75, 3.05) is 0 Å². The van der Waals surface area contributed by atoms with Gasteiger partial charge in [-0.3, -0.25) is 5.84 Å². The first kappa shape index (κ1) is 9.79. The molecule has 0 saturated heterocycles. The van der Waals surface area contributed by atoms with Crippen LogP contribution in [0.1, 0.15) is 24.1 Å². The van der Waals surface area contributed by atoms with Gasteiger partial charge in [-0.05, 0) is 17.5 Å². The summed E-state index contributed by atoms with van der Waals surface area (Å²) < 4.78 is 0. The highest BCUT2D eigenvalue weighted by molar-refractivity contribution is 5.33. The summed E-state index contributed by atoms with van der Waals surface area (Å²) >= 11 is 0. The van der Waals surface area contributed by atoms with E-state index in [0.29, 0.717) is 0 Å². The summed E-state index contributed by atoms with van der Waals surface area (Å²) in [6.45, 7) is 2.10. The van der Waals surface area contributed by atoms with Gasteiger partial charge in [0.2, 0.25) is 0 Å². The van der Waals surface area contributed by atoms with Crippen LogP contribution >= 0.6 is 0 Å². The van der Waals surface area contributed by atoms with Crippen molar-refractivity contribution >= 4 is 0 Å². The van der Waals surface area contributed by atoms with Gasteiger partial charge in [-0.2, -0.15) is 0 Å². The SMILES string of the molecule is C#CC(NN)c1ccccc1CC. The Kier molecular flexibility index (Phi) is 3.51. The number of hydrogen-bond acceptors (Lipinski definition) is 2. The monoisotopic (exact) mass is 174 g/mol. The van der Waals surface area contributed by atoms with E-state index in [1.807, 2.05) is 18.2 Å². The zero-order valence-electron chi connectivity index (χ0n) is 7.75. The average molecular weight is 174 g/mol. The summed E-state index contributed by atoms with van der Waals surface area (Å²) in [5, 5.41) is 0. The Morgan fingerprint density at radius 1 is 1.54 bits per heavy atom. The molecule has 0 aromatic heterocycles. The van der Waals surface area contributed by atoms with Crippen molar-refractivity contribution in [3.05, 3.63) is 35.4 Å². The molecule has 2 nitrogen and oxygen atoms in total. The van der Waals surface area contributed by atoms with Crippen LogP contribution in [0.4, 0.5) is 0 Å². The fourth-order valence-electron chi connectivity index (χ4n) is 1.37. The van der Waals surface area contributed by atoms with E-state index in [4.69, 9.17) is 12.3 Å². The van der Waals surface area contributed by atoms with Crippen molar-refractivity contribution in [3.63, 3.8) is 0 Å². The first-order chi connectivity index (χ1) is 6.33. The van der Waals surface area contributed by atoms with Gasteiger partial charge in [0.15, 0.2) is 0 Å². The minimum Gasteiger partial charge on any atom is -0.270 e. The lowest BCUT2D eigenvalue weighted by Gasteiger charge is -2.13. The summed E-state index contributed by atoms with van der Waals surface area (Å²) in [6.07, 6.45) is 6.31. The van der Waals surface area contributed by atoms with Crippen LogP contribution in [0.15, 0.2) is 24.3 Å². The summed E-state index contributed by atoms with van der Waals surface area (Å²) in [7, 11) is 0. The lowest BCUT2D eigenvalue weighted by molar-refractivity contribution is 0.667. The molecule has 1 aromatic carbocycles. The van der Waals surface area contributed by atoms with Crippen LogP contribution in [0.3, 0.4) is 0 Å². The van der Waals surface area contributed by atoms with Gasteiger partial charge in [0.25, 0.3) is 0 Å². The molecule has 1 aromatic rings. The normalized spacial score (nSPS) is 12.1. The quantitative estimate of drug-likeness (QED) is 0.413. The summed E-state index contributed by atoms with van der Waals surface area (Å²) in [4.78, 5) is 0. The van der Waals surface area contributed by atoms with E-state index in [9.17, 15) is 0 Å². The Bertz CT molecular complexity index is 312. The lowest BCUT2D eigenvalue weighted by atomic mass is 9.99. The number of aryl methyl sites for hydroxylation is 1. The van der Waals surface area contributed by atoms with E-state index in [1.54, 1.807) is 0 Å². The third-order valence-corrected chi connectivity index (χ3v) is 2.08. The Morgan fingerprint density at radius 2 is 2.23 bits per heavy atom. The van der Waals surface area contributed by atoms with Crippen LogP contribution in [0, 0.1) is 12.3 Å². The molecule has 0 saturated carbocycles. The second kappa shape index (κ2) is 4.66. The Labute approximate surface area is 79.1 Å². The van der Waals surface area contributed by atoms with Crippen molar-refractivity contribution in [2.24, 2.45) is 5.84 Å². The number of terminal acetylenes is 1. The highest BCUT2D eigenvalue weighted by Gasteiger charge is 2.08. The summed E-state index contributed by atoms with van der Waals surface area (Å²) in [5.41, 5.74) is 4.94. The van der Waals surface area contributed by atoms with Crippen LogP contribution < -0.4 is 11.3 Å². The number of nitrogens with one attached hydrogen (secondary N) is 1. The zero-order chi connectivity index (χ0) is 9.68. The van der Waals surface area contributed by atoms with Gasteiger partial charge in [0.05, 0.1) is 0 Å². The number of nitrogens with two attached hydrogens (primary N) is 1. The number of benzene rings is 1. The van der Waals surface area contributed by atoms with Gasteiger partial charge in [-0.25, -0.2) is 5.43 Å². The van der Waals surface area contributed by atoms with Crippen LogP contribution in [0.25, 0.3) is 0 Å². The Balaban J connectivity index is 3.05. The molecule has 0 aliphatic heterocycles. The molecule has 0 fully saturated rings. The van der Waals surface area contributed by atoms with Gasteiger partial charge in [0.1, 0.15) is 6.04 Å². The van der Waals surface area contributed by atoms with Gasteiger partial charge < -0.3 is 0 Å². The minimum absolute atomic E-state index is 0.184. The third kappa shape index (κ3) is 2.09. The zero-order valence-corrected chi connectivity index (χ0v) is 7.75. The molecule has 0 bridgehead atoms. The van der Waals surface area contributed by atoms with E-state index in [2.05, 4.69) is 24.3 Å². The Morgan fingerprint density at radius 3 is 2.77 bits per heavy atom. The molecule has 0 spiro atoms.